The molecule has 0 bridgehead atoms. The average molecular weight is 445 g/mol. The van der Waals surface area contributed by atoms with Gasteiger partial charge in [-0.25, -0.2) is 8.42 Å². The van der Waals surface area contributed by atoms with Crippen molar-refractivity contribution in [2.75, 3.05) is 43.4 Å². The number of carbonyl (C=O) groups is 1. The molecule has 1 aliphatic heterocycles. The molecule has 2 aromatic rings. The van der Waals surface area contributed by atoms with Gasteiger partial charge in [-0.1, -0.05) is 38.1 Å². The van der Waals surface area contributed by atoms with Crippen LogP contribution in [-0.2, 0) is 14.8 Å². The fourth-order valence-electron chi connectivity index (χ4n) is 3.86. The number of hydrogen-bond donors (Lipinski definition) is 2. The number of benzene rings is 2. The summed E-state index contributed by atoms with van der Waals surface area (Å²) in [5.74, 6) is -0.133. The maximum atomic E-state index is 12.7. The van der Waals surface area contributed by atoms with Crippen LogP contribution in [0.25, 0.3) is 0 Å². The molecule has 1 aliphatic rings. The number of nitrogens with one attached hydrogen (secondary N) is 2. The molecule has 0 aliphatic carbocycles. The van der Waals surface area contributed by atoms with Gasteiger partial charge in [0, 0.05) is 43.6 Å². The first-order chi connectivity index (χ1) is 14.9. The van der Waals surface area contributed by atoms with E-state index in [9.17, 15) is 13.2 Å². The van der Waals surface area contributed by atoms with Gasteiger partial charge in [-0.2, -0.15) is 4.31 Å². The highest BCUT2D eigenvalue weighted by molar-refractivity contribution is 7.89. The minimum Gasteiger partial charge on any atom is -0.382 e. The molecule has 1 heterocycles. The molecule has 1 saturated heterocycles. The van der Waals surface area contributed by atoms with E-state index in [4.69, 9.17) is 0 Å². The Labute approximate surface area is 185 Å². The number of nitrogens with zero attached hydrogens (tertiary/aromatic N) is 2. The molecule has 1 fully saturated rings. The average Bonchev–Trinajstić information content (AvgIpc) is 2.77. The number of piperidine rings is 1. The summed E-state index contributed by atoms with van der Waals surface area (Å²) in [7, 11) is -3.55. The Morgan fingerprint density at radius 2 is 1.65 bits per heavy atom. The second-order valence-electron chi connectivity index (χ2n) is 7.73. The lowest BCUT2D eigenvalue weighted by molar-refractivity contribution is -0.117. The molecular formula is C23H32N4O3S. The van der Waals surface area contributed by atoms with Crippen LogP contribution in [0.2, 0.25) is 0 Å². The predicted octanol–water partition coefficient (Wildman–Crippen LogP) is 3.23. The highest BCUT2D eigenvalue weighted by Crippen LogP contribution is 2.20. The third-order valence-electron chi connectivity index (χ3n) is 5.56. The quantitative estimate of drug-likeness (QED) is 0.621. The Hall–Kier alpha value is -2.42. The Bertz CT molecular complexity index is 954. The maximum absolute atomic E-state index is 12.7. The molecule has 7 nitrogen and oxygen atoms in total. The highest BCUT2D eigenvalue weighted by atomic mass is 32.2. The number of sulfonamides is 1. The van der Waals surface area contributed by atoms with Gasteiger partial charge in [0.05, 0.1) is 11.4 Å². The van der Waals surface area contributed by atoms with E-state index >= 15 is 0 Å². The van der Waals surface area contributed by atoms with E-state index in [1.54, 1.807) is 18.2 Å². The van der Waals surface area contributed by atoms with Gasteiger partial charge in [0.2, 0.25) is 15.9 Å². The number of hydrogen-bond acceptors (Lipinski definition) is 5. The Kier molecular flexibility index (Phi) is 8.06. The third-order valence-corrected chi connectivity index (χ3v) is 7.61. The van der Waals surface area contributed by atoms with E-state index in [1.165, 1.54) is 10.4 Å². The van der Waals surface area contributed by atoms with Crippen LogP contribution < -0.4 is 10.6 Å². The first kappa shape index (κ1) is 23.2. The van der Waals surface area contributed by atoms with Crippen molar-refractivity contribution < 1.29 is 13.2 Å². The van der Waals surface area contributed by atoms with Crippen molar-refractivity contribution in [2.45, 2.75) is 37.6 Å². The molecule has 168 valence electrons. The highest BCUT2D eigenvalue weighted by Gasteiger charge is 2.23. The van der Waals surface area contributed by atoms with Crippen molar-refractivity contribution in [3.05, 3.63) is 54.6 Å². The van der Waals surface area contributed by atoms with Crippen LogP contribution in [-0.4, -0.2) is 62.3 Å². The van der Waals surface area contributed by atoms with E-state index < -0.39 is 10.0 Å². The molecule has 31 heavy (non-hydrogen) atoms. The first-order valence-electron chi connectivity index (χ1n) is 10.9. The smallest absolute Gasteiger partial charge is 0.243 e. The number of likely N-dealkylation sites (tertiary alicyclic amines) is 1. The molecule has 2 aromatic carbocycles. The predicted molar refractivity (Wildman–Crippen MR) is 125 cm³/mol. The monoisotopic (exact) mass is 444 g/mol. The number of carbonyl (C=O) groups excluding carboxylic acids is 1. The zero-order chi connectivity index (χ0) is 22.3. The summed E-state index contributed by atoms with van der Waals surface area (Å²) >= 11 is 0. The molecule has 0 radical (unpaired) electrons. The summed E-state index contributed by atoms with van der Waals surface area (Å²) in [6, 6.07) is 17.0. The van der Waals surface area contributed by atoms with Crippen molar-refractivity contribution in [3.63, 3.8) is 0 Å². The molecular weight excluding hydrogens is 412 g/mol. The van der Waals surface area contributed by atoms with Crippen LogP contribution in [0.1, 0.15) is 26.7 Å². The largest absolute Gasteiger partial charge is 0.382 e. The third kappa shape index (κ3) is 6.29. The van der Waals surface area contributed by atoms with Gasteiger partial charge in [0.1, 0.15) is 0 Å². The Morgan fingerprint density at radius 1 is 1.00 bits per heavy atom. The van der Waals surface area contributed by atoms with Crippen LogP contribution in [0.5, 0.6) is 0 Å². The molecule has 3 rings (SSSR count). The SMILES string of the molecule is CCN(CC)S(=O)(=O)c1cccc(NC(=O)CN2CCC(Nc3ccccc3)CC2)c1. The number of amides is 1. The number of para-hydroxylation sites is 1. The fourth-order valence-corrected chi connectivity index (χ4v) is 5.36. The summed E-state index contributed by atoms with van der Waals surface area (Å²) in [6.45, 7) is 6.42. The number of anilines is 2. The zero-order valence-corrected chi connectivity index (χ0v) is 19.1. The lowest BCUT2D eigenvalue weighted by Crippen LogP contribution is -2.42. The Morgan fingerprint density at radius 3 is 2.29 bits per heavy atom. The molecule has 0 spiro atoms. The zero-order valence-electron chi connectivity index (χ0n) is 18.3. The molecule has 0 unspecified atom stereocenters. The van der Waals surface area contributed by atoms with Crippen LogP contribution in [0.15, 0.2) is 59.5 Å². The second kappa shape index (κ2) is 10.7. The van der Waals surface area contributed by atoms with Gasteiger partial charge in [-0.3, -0.25) is 9.69 Å². The molecule has 1 amide bonds. The van der Waals surface area contributed by atoms with Crippen LogP contribution in [0.3, 0.4) is 0 Å². The molecule has 2 N–H and O–H groups in total. The molecule has 0 aromatic heterocycles. The lowest BCUT2D eigenvalue weighted by atomic mass is 10.0. The Balaban J connectivity index is 1.51. The second-order valence-corrected chi connectivity index (χ2v) is 9.66. The van der Waals surface area contributed by atoms with Gasteiger partial charge in [-0.15, -0.1) is 0 Å². The van der Waals surface area contributed by atoms with Gasteiger partial charge in [0.15, 0.2) is 0 Å². The van der Waals surface area contributed by atoms with Gasteiger partial charge in [-0.05, 0) is 43.2 Å². The normalized spacial score (nSPS) is 15.7. The van der Waals surface area contributed by atoms with Crippen LogP contribution in [0, 0.1) is 0 Å². The summed E-state index contributed by atoms with van der Waals surface area (Å²) < 4.78 is 26.8. The maximum Gasteiger partial charge on any atom is 0.243 e. The minimum atomic E-state index is -3.55. The van der Waals surface area contributed by atoms with Gasteiger partial charge in [0.25, 0.3) is 0 Å². The molecule has 8 heteroatoms. The van der Waals surface area contributed by atoms with E-state index in [2.05, 4.69) is 27.7 Å². The first-order valence-corrected chi connectivity index (χ1v) is 12.3. The van der Waals surface area contributed by atoms with Gasteiger partial charge >= 0.3 is 0 Å². The van der Waals surface area contributed by atoms with Crippen molar-refractivity contribution in [1.29, 1.82) is 0 Å². The van der Waals surface area contributed by atoms with E-state index in [-0.39, 0.29) is 10.8 Å². The lowest BCUT2D eigenvalue weighted by Gasteiger charge is -2.32. The molecule has 0 saturated carbocycles. The van der Waals surface area contributed by atoms with E-state index in [1.807, 2.05) is 32.0 Å². The van der Waals surface area contributed by atoms with Gasteiger partial charge < -0.3 is 10.6 Å². The van der Waals surface area contributed by atoms with Crippen molar-refractivity contribution in [1.82, 2.24) is 9.21 Å². The number of rotatable bonds is 9. The molecule has 0 atom stereocenters. The topological polar surface area (TPSA) is 81.8 Å². The minimum absolute atomic E-state index is 0.133. The van der Waals surface area contributed by atoms with Crippen molar-refractivity contribution >= 4 is 27.3 Å². The van der Waals surface area contributed by atoms with E-state index in [0.717, 1.165) is 31.6 Å². The summed E-state index contributed by atoms with van der Waals surface area (Å²) in [4.78, 5) is 14.9. The van der Waals surface area contributed by atoms with Crippen LogP contribution >= 0.6 is 0 Å². The standard InChI is InChI=1S/C23H32N4O3S/c1-3-27(4-2)31(29,30)22-12-8-11-21(17-22)25-23(28)18-26-15-13-20(14-16-26)24-19-9-6-5-7-10-19/h5-12,17,20,24H,3-4,13-16,18H2,1-2H3,(H,25,28). The summed E-state index contributed by atoms with van der Waals surface area (Å²) in [5.41, 5.74) is 1.62. The summed E-state index contributed by atoms with van der Waals surface area (Å²) in [5, 5.41) is 6.39. The van der Waals surface area contributed by atoms with Crippen molar-refractivity contribution in [3.8, 4) is 0 Å². The summed E-state index contributed by atoms with van der Waals surface area (Å²) in [6.07, 6.45) is 1.94. The van der Waals surface area contributed by atoms with Crippen LogP contribution in [0.4, 0.5) is 11.4 Å². The van der Waals surface area contributed by atoms with E-state index in [0.29, 0.717) is 31.4 Å². The van der Waals surface area contributed by atoms with Crippen molar-refractivity contribution in [2.24, 2.45) is 0 Å². The fraction of sp³-hybridized carbons (Fsp3) is 0.435.